The second-order valence-electron chi connectivity index (χ2n) is 17.2. The molecule has 0 saturated heterocycles. The van der Waals surface area contributed by atoms with Crippen molar-refractivity contribution in [1.29, 1.82) is 0 Å². The molecule has 0 spiro atoms. The van der Waals surface area contributed by atoms with Crippen molar-refractivity contribution < 1.29 is 109 Å². The summed E-state index contributed by atoms with van der Waals surface area (Å²) in [5, 5.41) is 0. The highest BCUT2D eigenvalue weighted by Crippen LogP contribution is 2.42. The number of hydrogen-bond acceptors (Lipinski definition) is 20. The summed E-state index contributed by atoms with van der Waals surface area (Å²) in [7, 11) is -20.3. The summed E-state index contributed by atoms with van der Waals surface area (Å²) in [6.45, 7) is 1.06. The van der Waals surface area contributed by atoms with Gasteiger partial charge in [-0.2, -0.15) is 33.7 Å². The summed E-state index contributed by atoms with van der Waals surface area (Å²) in [4.78, 5) is -2.68. The highest BCUT2D eigenvalue weighted by atomic mass is 32.2. The minimum atomic E-state index is -5.08. The normalized spacial score (nSPS) is 18.5. The van der Waals surface area contributed by atoms with E-state index < -0.39 is 85.7 Å². The van der Waals surface area contributed by atoms with Crippen molar-refractivity contribution in [1.82, 2.24) is 0 Å². The maximum absolute atomic E-state index is 13.2. The van der Waals surface area contributed by atoms with Crippen molar-refractivity contribution >= 4 is 40.5 Å². The quantitative estimate of drug-likeness (QED) is 0.188. The third-order valence-corrected chi connectivity index (χ3v) is 15.0. The molecule has 76 heavy (non-hydrogen) atoms. The van der Waals surface area contributed by atoms with Gasteiger partial charge in [0.2, 0.25) is 0 Å². The van der Waals surface area contributed by atoms with E-state index in [1.807, 2.05) is 0 Å². The van der Waals surface area contributed by atoms with E-state index in [1.54, 1.807) is 0 Å². The number of hydrogen-bond donors (Lipinski definition) is 4. The molecule has 0 unspecified atom stereocenters. The number of benzene rings is 4. The van der Waals surface area contributed by atoms with Gasteiger partial charge in [-0.3, -0.25) is 18.2 Å². The molecule has 0 radical (unpaired) electrons. The fraction of sp³-hybridized carbons (Fsp3) is 0.500. The van der Waals surface area contributed by atoms with Crippen molar-refractivity contribution in [3.05, 3.63) is 93.0 Å². The van der Waals surface area contributed by atoms with Gasteiger partial charge in [0.25, 0.3) is 40.5 Å². The Hall–Kier alpha value is -4.60. The van der Waals surface area contributed by atoms with Crippen LogP contribution >= 0.6 is 0 Å². The van der Waals surface area contributed by atoms with Crippen molar-refractivity contribution in [2.24, 2.45) is 0 Å². The van der Waals surface area contributed by atoms with Crippen LogP contribution < -0.4 is 18.9 Å². The van der Waals surface area contributed by atoms with Crippen molar-refractivity contribution in [3.63, 3.8) is 0 Å². The van der Waals surface area contributed by atoms with Gasteiger partial charge in [0.15, 0.2) is 0 Å². The third kappa shape index (κ3) is 17.2. The molecule has 0 amide bonds. The molecule has 420 valence electrons. The lowest BCUT2D eigenvalue weighted by atomic mass is 9.91. The predicted molar refractivity (Wildman–Crippen MR) is 265 cm³/mol. The van der Waals surface area contributed by atoms with E-state index in [2.05, 4.69) is 0 Å². The van der Waals surface area contributed by atoms with Gasteiger partial charge >= 0.3 is 0 Å². The molecule has 24 nitrogen and oxygen atoms in total. The van der Waals surface area contributed by atoms with E-state index in [1.165, 1.54) is 0 Å². The first-order chi connectivity index (χ1) is 36.3. The topological polar surface area (TPSA) is 328 Å². The average Bonchev–Trinajstić information content (AvgIpc) is 3.33. The highest BCUT2D eigenvalue weighted by Gasteiger charge is 2.29. The molecule has 0 atom stereocenters. The molecule has 4 N–H and O–H groups in total. The summed E-state index contributed by atoms with van der Waals surface area (Å²) in [5.41, 5.74) is -0.132. The molecule has 0 aromatic heterocycles. The summed E-state index contributed by atoms with van der Waals surface area (Å²) in [6, 6.07) is 8.62. The van der Waals surface area contributed by atoms with Crippen LogP contribution in [0.2, 0.25) is 0 Å². The predicted octanol–water partition coefficient (Wildman–Crippen LogP) is 3.03. The summed E-state index contributed by atoms with van der Waals surface area (Å²) >= 11 is 0. The van der Waals surface area contributed by atoms with Crippen LogP contribution in [-0.4, -0.2) is 184 Å². The Morgan fingerprint density at radius 3 is 0.500 bits per heavy atom. The lowest BCUT2D eigenvalue weighted by Crippen LogP contribution is -2.16. The molecule has 0 fully saturated rings. The molecule has 12 bridgehead atoms. The van der Waals surface area contributed by atoms with Crippen LogP contribution in [0.4, 0.5) is 0 Å². The molecule has 28 heteroatoms. The van der Waals surface area contributed by atoms with E-state index in [0.717, 1.165) is 48.5 Å². The zero-order valence-electron chi connectivity index (χ0n) is 41.2. The van der Waals surface area contributed by atoms with E-state index in [0.29, 0.717) is 0 Å². The minimum absolute atomic E-state index is 0.0165. The summed E-state index contributed by atoms with van der Waals surface area (Å²) in [5.74, 6) is -0.187. The first-order valence-corrected chi connectivity index (χ1v) is 29.7. The smallest absolute Gasteiger partial charge is 0.294 e. The average molecular weight is 1150 g/mol. The Kier molecular flexibility index (Phi) is 21.2. The molecule has 0 saturated carbocycles. The Bertz CT molecular complexity index is 2580. The van der Waals surface area contributed by atoms with Crippen LogP contribution in [0.25, 0.3) is 0 Å². The van der Waals surface area contributed by atoms with Crippen LogP contribution in [0, 0.1) is 0 Å². The summed E-state index contributed by atoms with van der Waals surface area (Å²) in [6.07, 6.45) is -1.89. The second kappa shape index (κ2) is 27.3. The molecule has 3 aliphatic rings. The fourth-order valence-corrected chi connectivity index (χ4v) is 10.8. The van der Waals surface area contributed by atoms with Gasteiger partial charge in [0, 0.05) is 70.2 Å². The van der Waals surface area contributed by atoms with Crippen LogP contribution in [0.15, 0.2) is 68.1 Å². The zero-order chi connectivity index (χ0) is 54.4. The zero-order valence-corrected chi connectivity index (χ0v) is 44.4. The van der Waals surface area contributed by atoms with E-state index >= 15 is 0 Å². The Morgan fingerprint density at radius 2 is 0.368 bits per heavy atom. The second-order valence-corrected chi connectivity index (χ2v) is 22.9. The first-order valence-electron chi connectivity index (χ1n) is 23.9. The van der Waals surface area contributed by atoms with Crippen molar-refractivity contribution in [2.45, 2.75) is 45.3 Å². The van der Waals surface area contributed by atoms with Gasteiger partial charge in [0.05, 0.1) is 125 Å². The van der Waals surface area contributed by atoms with Gasteiger partial charge in [-0.1, -0.05) is 0 Å². The van der Waals surface area contributed by atoms with E-state index in [9.17, 15) is 51.9 Å². The monoisotopic (exact) mass is 1150 g/mol. The molecular formula is C48H60O24S4. The molecule has 1 aliphatic carbocycles. The number of ether oxygens (including phenoxy) is 12. The Labute approximate surface area is 440 Å². The lowest BCUT2D eigenvalue weighted by molar-refractivity contribution is -0.00706. The molecule has 2 aliphatic heterocycles. The third-order valence-electron chi connectivity index (χ3n) is 11.7. The standard InChI is InChI=1S/C48H60O24S4/c49-73(50,51)41-25-33-21-37-29-43(75(55,56)57)31-39-23-35-27-42(74(52,53)54)28-36-24-40-32-44(76(58,59)60)30-38(48(40)72-20-16-68-12-8-64-4-3-63-7-11-67-15-19-71-47(37)39)22-34(26-41)45(33)69-17-13-65-9-5-61-1-2-62-6-10-66-14-18-70-46(35)36/h25-32H,1-24H2,(H,49,50,51)(H,52,53,54)(H,55,56,57)(H,58,59,60). The summed E-state index contributed by atoms with van der Waals surface area (Å²) < 4.78 is 220. The highest BCUT2D eigenvalue weighted by molar-refractivity contribution is 7.86. The first kappa shape index (κ1) is 59.1. The van der Waals surface area contributed by atoms with E-state index in [-0.39, 0.29) is 200 Å². The van der Waals surface area contributed by atoms with Crippen molar-refractivity contribution in [2.75, 3.05) is 132 Å². The Balaban J connectivity index is 1.58. The van der Waals surface area contributed by atoms with Gasteiger partial charge in [0.1, 0.15) is 49.4 Å². The van der Waals surface area contributed by atoms with Crippen LogP contribution in [-0.2, 0) is 104 Å². The van der Waals surface area contributed by atoms with Gasteiger partial charge in [-0.25, -0.2) is 0 Å². The Morgan fingerprint density at radius 1 is 0.237 bits per heavy atom. The van der Waals surface area contributed by atoms with Crippen LogP contribution in [0.5, 0.6) is 23.0 Å². The largest absolute Gasteiger partial charge is 0.491 e. The minimum Gasteiger partial charge on any atom is -0.491 e. The molecule has 4 aromatic carbocycles. The van der Waals surface area contributed by atoms with Crippen LogP contribution in [0.3, 0.4) is 0 Å². The van der Waals surface area contributed by atoms with Gasteiger partial charge < -0.3 is 56.8 Å². The fourth-order valence-electron chi connectivity index (χ4n) is 8.43. The SMILES string of the molecule is O=S(=O)(O)c1cc2c3c(c1)Cc1cc(S(=O)(=O)O)cc4c1OCCOCCOCCOCCOCCOc1c(cc(S(=O)(=O)O)cc1Cc1cc(S(=O)(=O)O)cc(c1OCCOCCOCCOCCOCCO3)C4)C2. The maximum atomic E-state index is 13.2. The number of rotatable bonds is 4. The van der Waals surface area contributed by atoms with Crippen molar-refractivity contribution in [3.8, 4) is 23.0 Å². The van der Waals surface area contributed by atoms with Gasteiger partial charge in [-0.15, -0.1) is 0 Å². The molecule has 4 aromatic rings. The molecular weight excluding hydrogens is 1090 g/mol. The van der Waals surface area contributed by atoms with Crippen LogP contribution in [0.1, 0.15) is 44.5 Å². The maximum Gasteiger partial charge on any atom is 0.294 e. The lowest BCUT2D eigenvalue weighted by Gasteiger charge is -2.24. The van der Waals surface area contributed by atoms with E-state index in [4.69, 9.17) is 56.8 Å². The van der Waals surface area contributed by atoms with Gasteiger partial charge in [-0.05, 0) is 48.5 Å². The molecule has 7 rings (SSSR count). The molecule has 2 heterocycles.